The molecule has 0 atom stereocenters. The minimum absolute atomic E-state index is 0.0401. The van der Waals surface area contributed by atoms with Crippen LogP contribution >= 0.6 is 11.6 Å². The van der Waals surface area contributed by atoms with Gasteiger partial charge in [0, 0.05) is 5.02 Å². The van der Waals surface area contributed by atoms with Crippen LogP contribution in [0.2, 0.25) is 5.02 Å². The Hall–Kier alpha value is -2.53. The molecule has 1 aliphatic heterocycles. The van der Waals surface area contributed by atoms with Gasteiger partial charge in [0.15, 0.2) is 0 Å². The van der Waals surface area contributed by atoms with Gasteiger partial charge in [-0.2, -0.15) is 0 Å². The molecule has 0 saturated heterocycles. The summed E-state index contributed by atoms with van der Waals surface area (Å²) in [6.07, 6.45) is 0. The zero-order chi connectivity index (χ0) is 15.7. The van der Waals surface area contributed by atoms with E-state index in [4.69, 9.17) is 16.3 Å². The Morgan fingerprint density at radius 2 is 2.05 bits per heavy atom. The van der Waals surface area contributed by atoms with Crippen LogP contribution in [-0.4, -0.2) is 25.5 Å². The Kier molecular flexibility index (Phi) is 3.73. The van der Waals surface area contributed by atoms with Crippen LogP contribution in [0.4, 0.5) is 11.4 Å². The molecule has 1 aliphatic rings. The summed E-state index contributed by atoms with van der Waals surface area (Å²) in [5.74, 6) is -0.170. The van der Waals surface area contributed by atoms with Crippen molar-refractivity contribution in [3.8, 4) is 5.75 Å². The number of ether oxygens (including phenoxy) is 1. The van der Waals surface area contributed by atoms with E-state index in [1.54, 1.807) is 36.4 Å². The fraction of sp³-hybridized carbons (Fsp3) is 0.125. The first-order valence-corrected chi connectivity index (χ1v) is 7.02. The summed E-state index contributed by atoms with van der Waals surface area (Å²) < 4.78 is 5.22. The Bertz CT molecular complexity index is 761. The maximum absolute atomic E-state index is 12.8. The van der Waals surface area contributed by atoms with Gasteiger partial charge < -0.3 is 10.1 Å². The molecule has 0 unspecified atom stereocenters. The Morgan fingerprint density at radius 3 is 2.82 bits per heavy atom. The van der Waals surface area contributed by atoms with Crippen LogP contribution in [0, 0.1) is 0 Å². The van der Waals surface area contributed by atoms with Gasteiger partial charge in [0.05, 0.1) is 24.0 Å². The SMILES string of the molecule is COc1cc(Cl)ccc1C(=O)N1CC(=O)Nc2ccccc21. The summed E-state index contributed by atoms with van der Waals surface area (Å²) in [6.45, 7) is -0.0401. The normalized spacial score (nSPS) is 13.4. The zero-order valence-electron chi connectivity index (χ0n) is 11.8. The number of carbonyl (C=O) groups is 2. The highest BCUT2D eigenvalue weighted by molar-refractivity contribution is 6.31. The van der Waals surface area contributed by atoms with Crippen LogP contribution in [0.1, 0.15) is 10.4 Å². The molecule has 22 heavy (non-hydrogen) atoms. The van der Waals surface area contributed by atoms with Crippen LogP contribution < -0.4 is 15.0 Å². The summed E-state index contributed by atoms with van der Waals surface area (Å²) in [6, 6.07) is 11.9. The average Bonchev–Trinajstić information content (AvgIpc) is 2.53. The fourth-order valence-corrected chi connectivity index (χ4v) is 2.56. The van der Waals surface area contributed by atoms with Crippen LogP contribution in [0.25, 0.3) is 0 Å². The van der Waals surface area contributed by atoms with E-state index < -0.39 is 0 Å². The highest BCUT2D eigenvalue weighted by Crippen LogP contribution is 2.32. The van der Waals surface area contributed by atoms with E-state index in [1.807, 2.05) is 6.07 Å². The van der Waals surface area contributed by atoms with Crippen molar-refractivity contribution in [2.24, 2.45) is 0 Å². The predicted octanol–water partition coefficient (Wildman–Crippen LogP) is 2.95. The molecule has 2 aromatic carbocycles. The predicted molar refractivity (Wildman–Crippen MR) is 84.8 cm³/mol. The Morgan fingerprint density at radius 1 is 1.27 bits per heavy atom. The van der Waals surface area contributed by atoms with E-state index in [0.717, 1.165) is 0 Å². The van der Waals surface area contributed by atoms with Gasteiger partial charge in [0.1, 0.15) is 12.3 Å². The first-order chi connectivity index (χ1) is 10.6. The summed E-state index contributed by atoms with van der Waals surface area (Å²) >= 11 is 5.92. The molecule has 0 saturated carbocycles. The second kappa shape index (κ2) is 5.69. The van der Waals surface area contributed by atoms with Gasteiger partial charge >= 0.3 is 0 Å². The molecular formula is C16H13ClN2O3. The first kappa shape index (κ1) is 14.4. The lowest BCUT2D eigenvalue weighted by atomic mass is 10.1. The summed E-state index contributed by atoms with van der Waals surface area (Å²) in [5.41, 5.74) is 1.63. The number of rotatable bonds is 2. The van der Waals surface area contributed by atoms with Gasteiger partial charge in [-0.05, 0) is 30.3 Å². The van der Waals surface area contributed by atoms with Crippen molar-refractivity contribution in [3.05, 3.63) is 53.1 Å². The number of hydrogen-bond acceptors (Lipinski definition) is 3. The van der Waals surface area contributed by atoms with E-state index in [9.17, 15) is 9.59 Å². The van der Waals surface area contributed by atoms with Crippen LogP contribution in [-0.2, 0) is 4.79 Å². The standard InChI is InChI=1S/C16H13ClN2O3/c1-22-14-8-10(17)6-7-11(14)16(21)19-9-15(20)18-12-4-2-3-5-13(12)19/h2-8H,9H2,1H3,(H,18,20). The van der Waals surface area contributed by atoms with Gasteiger partial charge in [-0.3, -0.25) is 14.5 Å². The van der Waals surface area contributed by atoms with Crippen molar-refractivity contribution in [2.45, 2.75) is 0 Å². The number of anilines is 2. The molecule has 112 valence electrons. The fourth-order valence-electron chi connectivity index (χ4n) is 2.40. The maximum Gasteiger partial charge on any atom is 0.262 e. The van der Waals surface area contributed by atoms with E-state index in [0.29, 0.717) is 27.7 Å². The van der Waals surface area contributed by atoms with Crippen molar-refractivity contribution < 1.29 is 14.3 Å². The third kappa shape index (κ3) is 2.51. The summed E-state index contributed by atoms with van der Waals surface area (Å²) in [4.78, 5) is 26.1. The first-order valence-electron chi connectivity index (χ1n) is 6.64. The molecule has 1 N–H and O–H groups in total. The largest absolute Gasteiger partial charge is 0.496 e. The van der Waals surface area contributed by atoms with Crippen LogP contribution in [0.3, 0.4) is 0 Å². The monoisotopic (exact) mass is 316 g/mol. The minimum Gasteiger partial charge on any atom is -0.496 e. The number of nitrogens with zero attached hydrogens (tertiary/aromatic N) is 1. The van der Waals surface area contributed by atoms with E-state index >= 15 is 0 Å². The molecule has 0 fully saturated rings. The Labute approximate surface area is 132 Å². The van der Waals surface area contributed by atoms with Crippen molar-refractivity contribution in [1.29, 1.82) is 0 Å². The lowest BCUT2D eigenvalue weighted by Gasteiger charge is -2.29. The second-order valence-corrected chi connectivity index (χ2v) is 5.24. The molecule has 0 aromatic heterocycles. The number of methoxy groups -OCH3 is 1. The number of benzene rings is 2. The van der Waals surface area contributed by atoms with E-state index in [-0.39, 0.29) is 18.4 Å². The molecule has 0 spiro atoms. The van der Waals surface area contributed by atoms with Crippen molar-refractivity contribution in [3.63, 3.8) is 0 Å². The zero-order valence-corrected chi connectivity index (χ0v) is 12.6. The van der Waals surface area contributed by atoms with Crippen molar-refractivity contribution in [2.75, 3.05) is 23.9 Å². The van der Waals surface area contributed by atoms with Crippen molar-refractivity contribution in [1.82, 2.24) is 0 Å². The highest BCUT2D eigenvalue weighted by atomic mass is 35.5. The molecule has 3 rings (SSSR count). The number of carbonyl (C=O) groups excluding carboxylic acids is 2. The molecular weight excluding hydrogens is 304 g/mol. The molecule has 0 bridgehead atoms. The van der Waals surface area contributed by atoms with Crippen LogP contribution in [0.5, 0.6) is 5.75 Å². The van der Waals surface area contributed by atoms with Gasteiger partial charge in [0.25, 0.3) is 5.91 Å². The lowest BCUT2D eigenvalue weighted by Crippen LogP contribution is -2.42. The number of hydrogen-bond donors (Lipinski definition) is 1. The smallest absolute Gasteiger partial charge is 0.262 e. The molecule has 1 heterocycles. The Balaban J connectivity index is 2.04. The molecule has 2 amide bonds. The topological polar surface area (TPSA) is 58.6 Å². The number of nitrogens with one attached hydrogen (secondary N) is 1. The summed E-state index contributed by atoms with van der Waals surface area (Å²) in [7, 11) is 1.47. The molecule has 6 heteroatoms. The molecule has 0 radical (unpaired) electrons. The number of fused-ring (bicyclic) bond motifs is 1. The minimum atomic E-state index is -0.309. The van der Waals surface area contributed by atoms with Crippen LogP contribution in [0.15, 0.2) is 42.5 Å². The molecule has 2 aromatic rings. The maximum atomic E-state index is 12.8. The number of halogens is 1. The van der Waals surface area contributed by atoms with Gasteiger partial charge in [-0.15, -0.1) is 0 Å². The third-order valence-corrected chi connectivity index (χ3v) is 3.64. The number of para-hydroxylation sites is 2. The van der Waals surface area contributed by atoms with Gasteiger partial charge in [0.2, 0.25) is 5.91 Å². The summed E-state index contributed by atoms with van der Waals surface area (Å²) in [5, 5.41) is 3.23. The second-order valence-electron chi connectivity index (χ2n) is 4.80. The quantitative estimate of drug-likeness (QED) is 0.926. The third-order valence-electron chi connectivity index (χ3n) is 3.41. The van der Waals surface area contributed by atoms with E-state index in [2.05, 4.69) is 5.32 Å². The van der Waals surface area contributed by atoms with Gasteiger partial charge in [-0.1, -0.05) is 23.7 Å². The van der Waals surface area contributed by atoms with Crippen molar-refractivity contribution >= 4 is 34.8 Å². The molecule has 5 nitrogen and oxygen atoms in total. The van der Waals surface area contributed by atoms with E-state index in [1.165, 1.54) is 12.0 Å². The highest BCUT2D eigenvalue weighted by Gasteiger charge is 2.28. The average molecular weight is 317 g/mol. The number of amides is 2. The lowest BCUT2D eigenvalue weighted by molar-refractivity contribution is -0.115. The molecule has 0 aliphatic carbocycles. The van der Waals surface area contributed by atoms with Gasteiger partial charge in [-0.25, -0.2) is 0 Å².